The molecule has 2 aromatic rings. The van der Waals surface area contributed by atoms with E-state index in [0.29, 0.717) is 17.1 Å². The first kappa shape index (κ1) is 15.4. The fourth-order valence-corrected chi connectivity index (χ4v) is 2.74. The van der Waals surface area contributed by atoms with Crippen molar-refractivity contribution in [2.45, 2.75) is 13.3 Å². The number of ether oxygens (including phenoxy) is 1. The average molecular weight is 349 g/mol. The predicted molar refractivity (Wildman–Crippen MR) is 88.6 cm³/mol. The summed E-state index contributed by atoms with van der Waals surface area (Å²) < 4.78 is 6.14. The lowest BCUT2D eigenvalue weighted by Gasteiger charge is -2.13. The molecule has 0 saturated heterocycles. The Kier molecular flexibility index (Phi) is 4.85. The van der Waals surface area contributed by atoms with Crippen molar-refractivity contribution in [3.63, 3.8) is 0 Å². The molecular weight excluding hydrogens is 332 g/mol. The first-order chi connectivity index (χ1) is 10.0. The largest absolute Gasteiger partial charge is 0.496 e. The van der Waals surface area contributed by atoms with Gasteiger partial charge in [0.2, 0.25) is 5.91 Å². The third-order valence-corrected chi connectivity index (χ3v) is 3.60. The Hall–Kier alpha value is -2.01. The third-order valence-electron chi connectivity index (χ3n) is 3.14. The van der Waals surface area contributed by atoms with E-state index >= 15 is 0 Å². The van der Waals surface area contributed by atoms with E-state index in [1.54, 1.807) is 13.2 Å². The Labute approximate surface area is 132 Å². The van der Waals surface area contributed by atoms with E-state index in [2.05, 4.69) is 21.2 Å². The van der Waals surface area contributed by atoms with Crippen LogP contribution in [0.5, 0.6) is 5.75 Å². The van der Waals surface area contributed by atoms with Crippen molar-refractivity contribution in [1.29, 1.82) is 0 Å². The molecule has 1 amide bonds. The summed E-state index contributed by atoms with van der Waals surface area (Å²) in [5.74, 6) is 0.574. The van der Waals surface area contributed by atoms with Crippen LogP contribution in [0.25, 0.3) is 0 Å². The minimum atomic E-state index is -0.128. The summed E-state index contributed by atoms with van der Waals surface area (Å²) >= 11 is 3.38. The van der Waals surface area contributed by atoms with Crippen molar-refractivity contribution in [3.8, 4) is 5.75 Å². The normalized spacial score (nSPS) is 10.2. The fraction of sp³-hybridized carbons (Fsp3) is 0.188. The van der Waals surface area contributed by atoms with Gasteiger partial charge in [-0.1, -0.05) is 34.1 Å². The number of hydrogen-bond acceptors (Lipinski definition) is 3. The molecule has 0 aliphatic heterocycles. The molecule has 0 unspecified atom stereocenters. The van der Waals surface area contributed by atoms with Crippen molar-refractivity contribution in [2.75, 3.05) is 18.2 Å². The Morgan fingerprint density at radius 3 is 2.71 bits per heavy atom. The number of aryl methyl sites for hydroxylation is 1. The van der Waals surface area contributed by atoms with Crippen LogP contribution in [0.2, 0.25) is 0 Å². The smallest absolute Gasteiger partial charge is 0.229 e. The van der Waals surface area contributed by atoms with Crippen molar-refractivity contribution in [3.05, 3.63) is 52.0 Å². The number of nitrogen functional groups attached to an aromatic ring is 1. The standard InChI is InChI=1S/C16H17BrN2O2/c1-10-7-12(17)9-13(18)16(10)19-15(20)8-11-5-3-4-6-14(11)21-2/h3-7,9H,8,18H2,1-2H3,(H,19,20). The Morgan fingerprint density at radius 1 is 1.33 bits per heavy atom. The van der Waals surface area contributed by atoms with Crippen LogP contribution in [0.4, 0.5) is 11.4 Å². The lowest BCUT2D eigenvalue weighted by Crippen LogP contribution is -2.16. The van der Waals surface area contributed by atoms with Crippen LogP contribution in [-0.2, 0) is 11.2 Å². The zero-order valence-electron chi connectivity index (χ0n) is 11.9. The number of nitrogens with one attached hydrogen (secondary N) is 1. The summed E-state index contributed by atoms with van der Waals surface area (Å²) in [4.78, 5) is 12.2. The van der Waals surface area contributed by atoms with E-state index in [1.165, 1.54) is 0 Å². The molecule has 2 aromatic carbocycles. The maximum atomic E-state index is 12.2. The molecule has 0 aliphatic rings. The molecule has 0 saturated carbocycles. The number of carbonyl (C=O) groups is 1. The third kappa shape index (κ3) is 3.76. The quantitative estimate of drug-likeness (QED) is 0.830. The SMILES string of the molecule is COc1ccccc1CC(=O)Nc1c(C)cc(Br)cc1N. The van der Waals surface area contributed by atoms with Gasteiger partial charge >= 0.3 is 0 Å². The van der Waals surface area contributed by atoms with Gasteiger partial charge in [-0.25, -0.2) is 0 Å². The second kappa shape index (κ2) is 6.63. The van der Waals surface area contributed by atoms with Crippen LogP contribution in [0.1, 0.15) is 11.1 Å². The molecule has 0 spiro atoms. The highest BCUT2D eigenvalue weighted by molar-refractivity contribution is 9.10. The Bertz CT molecular complexity index is 648. The molecule has 0 bridgehead atoms. The van der Waals surface area contributed by atoms with Crippen LogP contribution in [0.15, 0.2) is 40.9 Å². The summed E-state index contributed by atoms with van der Waals surface area (Å²) in [7, 11) is 1.59. The van der Waals surface area contributed by atoms with Crippen LogP contribution >= 0.6 is 15.9 Å². The van der Waals surface area contributed by atoms with Gasteiger partial charge in [-0.05, 0) is 30.7 Å². The molecule has 110 valence electrons. The molecule has 0 heterocycles. The first-order valence-electron chi connectivity index (χ1n) is 6.48. The molecule has 0 radical (unpaired) electrons. The molecule has 4 nitrogen and oxygen atoms in total. The zero-order chi connectivity index (χ0) is 15.4. The maximum absolute atomic E-state index is 12.2. The first-order valence-corrected chi connectivity index (χ1v) is 7.28. The number of methoxy groups -OCH3 is 1. The molecule has 21 heavy (non-hydrogen) atoms. The number of rotatable bonds is 4. The van der Waals surface area contributed by atoms with E-state index in [4.69, 9.17) is 10.5 Å². The summed E-state index contributed by atoms with van der Waals surface area (Å²) in [5, 5.41) is 2.87. The number of para-hydroxylation sites is 1. The van der Waals surface area contributed by atoms with Crippen LogP contribution in [0.3, 0.4) is 0 Å². The predicted octanol–water partition coefficient (Wildman–Crippen LogP) is 3.53. The second-order valence-electron chi connectivity index (χ2n) is 4.72. The van der Waals surface area contributed by atoms with Crippen LogP contribution in [0, 0.1) is 6.92 Å². The number of benzene rings is 2. The van der Waals surface area contributed by atoms with Gasteiger partial charge in [0.1, 0.15) is 5.75 Å². The van der Waals surface area contributed by atoms with E-state index in [-0.39, 0.29) is 12.3 Å². The van der Waals surface area contributed by atoms with Crippen molar-refractivity contribution < 1.29 is 9.53 Å². The number of amides is 1. The summed E-state index contributed by atoms with van der Waals surface area (Å²) in [6, 6.07) is 11.1. The highest BCUT2D eigenvalue weighted by Gasteiger charge is 2.12. The van der Waals surface area contributed by atoms with E-state index in [0.717, 1.165) is 15.6 Å². The van der Waals surface area contributed by atoms with Gasteiger partial charge < -0.3 is 15.8 Å². The minimum absolute atomic E-state index is 0.128. The Morgan fingerprint density at radius 2 is 2.05 bits per heavy atom. The maximum Gasteiger partial charge on any atom is 0.229 e. The monoisotopic (exact) mass is 348 g/mol. The van der Waals surface area contributed by atoms with Crippen LogP contribution in [-0.4, -0.2) is 13.0 Å². The summed E-state index contributed by atoms with van der Waals surface area (Å²) in [5.41, 5.74) is 8.89. The number of halogens is 1. The van der Waals surface area contributed by atoms with Gasteiger partial charge in [0.05, 0.1) is 24.9 Å². The van der Waals surface area contributed by atoms with Crippen molar-refractivity contribution in [1.82, 2.24) is 0 Å². The highest BCUT2D eigenvalue weighted by atomic mass is 79.9. The number of nitrogens with two attached hydrogens (primary N) is 1. The van der Waals surface area contributed by atoms with E-state index < -0.39 is 0 Å². The number of hydrogen-bond donors (Lipinski definition) is 2. The molecule has 0 fully saturated rings. The van der Waals surface area contributed by atoms with Gasteiger partial charge in [-0.2, -0.15) is 0 Å². The van der Waals surface area contributed by atoms with Gasteiger partial charge in [0, 0.05) is 10.0 Å². The molecule has 5 heteroatoms. The van der Waals surface area contributed by atoms with Gasteiger partial charge in [0.25, 0.3) is 0 Å². The van der Waals surface area contributed by atoms with Crippen molar-refractivity contribution in [2.24, 2.45) is 0 Å². The van der Waals surface area contributed by atoms with E-state index in [9.17, 15) is 4.79 Å². The fourth-order valence-electron chi connectivity index (χ4n) is 2.15. The van der Waals surface area contributed by atoms with Gasteiger partial charge in [-0.15, -0.1) is 0 Å². The zero-order valence-corrected chi connectivity index (χ0v) is 13.5. The van der Waals surface area contributed by atoms with Crippen LogP contribution < -0.4 is 15.8 Å². The molecule has 0 atom stereocenters. The molecule has 0 aromatic heterocycles. The second-order valence-corrected chi connectivity index (χ2v) is 5.64. The molecular formula is C16H17BrN2O2. The van der Waals surface area contributed by atoms with Crippen molar-refractivity contribution >= 4 is 33.2 Å². The molecule has 0 aliphatic carbocycles. The summed E-state index contributed by atoms with van der Waals surface area (Å²) in [6.45, 7) is 1.90. The average Bonchev–Trinajstić information content (AvgIpc) is 2.43. The highest BCUT2D eigenvalue weighted by Crippen LogP contribution is 2.28. The van der Waals surface area contributed by atoms with Gasteiger partial charge in [-0.3, -0.25) is 4.79 Å². The lowest BCUT2D eigenvalue weighted by atomic mass is 10.1. The van der Waals surface area contributed by atoms with E-state index in [1.807, 2.05) is 37.3 Å². The molecule has 3 N–H and O–H groups in total. The number of anilines is 2. The Balaban J connectivity index is 2.16. The lowest BCUT2D eigenvalue weighted by molar-refractivity contribution is -0.115. The molecule has 2 rings (SSSR count). The topological polar surface area (TPSA) is 64.3 Å². The minimum Gasteiger partial charge on any atom is -0.496 e. The van der Waals surface area contributed by atoms with Gasteiger partial charge in [0.15, 0.2) is 0 Å². The summed E-state index contributed by atoms with van der Waals surface area (Å²) in [6.07, 6.45) is 0.235. The number of carbonyl (C=O) groups excluding carboxylic acids is 1.